The topological polar surface area (TPSA) is 0 Å². The zero-order valence-corrected chi connectivity index (χ0v) is 27.3. The molecule has 0 radical (unpaired) electrons. The Labute approximate surface area is 274 Å². The number of hydrogen-bond acceptors (Lipinski definition) is 0. The van der Waals surface area contributed by atoms with Crippen molar-refractivity contribution in [1.29, 1.82) is 0 Å². The van der Waals surface area contributed by atoms with E-state index in [0.717, 1.165) is 0 Å². The van der Waals surface area contributed by atoms with E-state index in [4.69, 9.17) is 0 Å². The summed E-state index contributed by atoms with van der Waals surface area (Å²) in [7, 11) is -1.88. The lowest BCUT2D eigenvalue weighted by molar-refractivity contribution is 0.787. The molecule has 7 aromatic carbocycles. The van der Waals surface area contributed by atoms with Crippen molar-refractivity contribution >= 4 is 53.9 Å². The SMILES string of the molecule is C1=CC(P(c2ccccc2)c2ccccc2)(P(c2ccccc2)c2ccccc2)[C@H](c2cccc3ccccc23)c2ccccc21. The fraction of sp³-hybridized carbons (Fsp3) is 0.0455. The summed E-state index contributed by atoms with van der Waals surface area (Å²) in [6, 6.07) is 70.4. The molecule has 2 heteroatoms. The highest BCUT2D eigenvalue weighted by atomic mass is 31.2. The predicted molar refractivity (Wildman–Crippen MR) is 202 cm³/mol. The summed E-state index contributed by atoms with van der Waals surface area (Å²) >= 11 is 0. The van der Waals surface area contributed by atoms with Gasteiger partial charge in [0.2, 0.25) is 0 Å². The smallest absolute Gasteiger partial charge is 0.0557 e. The highest BCUT2D eigenvalue weighted by Gasteiger charge is 2.54. The van der Waals surface area contributed by atoms with Gasteiger partial charge < -0.3 is 0 Å². The van der Waals surface area contributed by atoms with Crippen LogP contribution in [0.15, 0.2) is 194 Å². The molecule has 46 heavy (non-hydrogen) atoms. The van der Waals surface area contributed by atoms with Crippen LogP contribution < -0.4 is 21.2 Å². The number of fused-ring (bicyclic) bond motifs is 2. The van der Waals surface area contributed by atoms with Crippen LogP contribution in [0.1, 0.15) is 22.6 Å². The summed E-state index contributed by atoms with van der Waals surface area (Å²) in [6.45, 7) is 0. The molecule has 0 heterocycles. The monoisotopic (exact) mass is 624 g/mol. The molecule has 0 amide bonds. The van der Waals surface area contributed by atoms with Gasteiger partial charge in [-0.2, -0.15) is 0 Å². The van der Waals surface area contributed by atoms with Crippen molar-refractivity contribution in [2.24, 2.45) is 0 Å². The number of rotatable bonds is 7. The minimum absolute atomic E-state index is 0.0952. The van der Waals surface area contributed by atoms with Crippen LogP contribution in [0, 0.1) is 0 Å². The van der Waals surface area contributed by atoms with Crippen LogP contribution in [0.3, 0.4) is 0 Å². The second kappa shape index (κ2) is 12.7. The highest BCUT2D eigenvalue weighted by molar-refractivity contribution is 7.91. The minimum Gasteiger partial charge on any atom is -0.0670 e. The van der Waals surface area contributed by atoms with Gasteiger partial charge in [-0.05, 0) is 64.5 Å². The van der Waals surface area contributed by atoms with E-state index in [1.165, 1.54) is 48.7 Å². The molecule has 0 N–H and O–H groups in total. The lowest BCUT2D eigenvalue weighted by Crippen LogP contribution is -2.44. The Hall–Kier alpha value is -4.60. The second-order valence-corrected chi connectivity index (χ2v) is 17.0. The van der Waals surface area contributed by atoms with Crippen LogP contribution in [0.5, 0.6) is 0 Å². The molecule has 0 spiro atoms. The summed E-state index contributed by atoms with van der Waals surface area (Å²) in [4.78, 5) is -0.311. The van der Waals surface area contributed by atoms with Crippen LogP contribution in [0.4, 0.5) is 0 Å². The van der Waals surface area contributed by atoms with Crippen molar-refractivity contribution in [3.8, 4) is 0 Å². The van der Waals surface area contributed by atoms with E-state index >= 15 is 0 Å². The number of benzene rings is 7. The average molecular weight is 625 g/mol. The third-order valence-corrected chi connectivity index (χ3v) is 15.9. The molecule has 0 fully saturated rings. The fourth-order valence-corrected chi connectivity index (χ4v) is 15.1. The van der Waals surface area contributed by atoms with Gasteiger partial charge in [-0.25, -0.2) is 0 Å². The van der Waals surface area contributed by atoms with E-state index in [1.807, 2.05) is 0 Å². The molecule has 1 aliphatic carbocycles. The van der Waals surface area contributed by atoms with Gasteiger partial charge in [-0.1, -0.05) is 200 Å². The number of hydrogen-bond donors (Lipinski definition) is 0. The van der Waals surface area contributed by atoms with Gasteiger partial charge >= 0.3 is 0 Å². The highest BCUT2D eigenvalue weighted by Crippen LogP contribution is 2.73. The van der Waals surface area contributed by atoms with Crippen molar-refractivity contribution in [3.63, 3.8) is 0 Å². The molecule has 220 valence electrons. The van der Waals surface area contributed by atoms with E-state index in [9.17, 15) is 0 Å². The van der Waals surface area contributed by atoms with Gasteiger partial charge in [0.25, 0.3) is 0 Å². The Bertz CT molecular complexity index is 1940. The molecule has 0 aliphatic heterocycles. The summed E-state index contributed by atoms with van der Waals surface area (Å²) in [5.41, 5.74) is 4.11. The summed E-state index contributed by atoms with van der Waals surface area (Å²) in [5, 5.41) is 8.22. The van der Waals surface area contributed by atoms with Gasteiger partial charge in [0, 0.05) is 5.92 Å². The van der Waals surface area contributed by atoms with Crippen LogP contribution >= 0.6 is 15.8 Å². The van der Waals surface area contributed by atoms with E-state index in [1.54, 1.807) is 0 Å². The van der Waals surface area contributed by atoms with Crippen LogP contribution in [-0.4, -0.2) is 4.90 Å². The van der Waals surface area contributed by atoms with Crippen molar-refractivity contribution < 1.29 is 0 Å². The molecule has 1 aliphatic rings. The molecule has 0 aromatic heterocycles. The van der Waals surface area contributed by atoms with Crippen LogP contribution in [0.2, 0.25) is 0 Å². The lowest BCUT2D eigenvalue weighted by atomic mass is 9.79. The minimum atomic E-state index is -0.941. The Morgan fingerprint density at radius 2 is 0.783 bits per heavy atom. The Balaban J connectivity index is 1.57. The molecule has 7 aromatic rings. The third-order valence-electron chi connectivity index (χ3n) is 9.15. The van der Waals surface area contributed by atoms with Gasteiger partial charge in [-0.3, -0.25) is 0 Å². The first kappa shape index (κ1) is 28.8. The third kappa shape index (κ3) is 5.04. The summed E-state index contributed by atoms with van der Waals surface area (Å²) < 4.78 is 0. The summed E-state index contributed by atoms with van der Waals surface area (Å²) in [6.07, 6.45) is 5.10. The van der Waals surface area contributed by atoms with Crippen molar-refractivity contribution in [3.05, 3.63) is 211 Å². The molecule has 0 nitrogen and oxygen atoms in total. The van der Waals surface area contributed by atoms with Gasteiger partial charge in [0.05, 0.1) is 4.90 Å². The maximum Gasteiger partial charge on any atom is 0.0557 e. The molecular weight excluding hydrogens is 590 g/mol. The Kier molecular flexibility index (Phi) is 7.93. The van der Waals surface area contributed by atoms with E-state index in [0.29, 0.717) is 0 Å². The Morgan fingerprint density at radius 1 is 0.370 bits per heavy atom. The first-order valence-corrected chi connectivity index (χ1v) is 18.6. The maximum atomic E-state index is 2.65. The van der Waals surface area contributed by atoms with Gasteiger partial charge in [-0.15, -0.1) is 0 Å². The van der Waals surface area contributed by atoms with E-state index in [-0.39, 0.29) is 10.8 Å². The molecule has 0 saturated carbocycles. The molecule has 0 bridgehead atoms. The first-order valence-electron chi connectivity index (χ1n) is 15.9. The lowest BCUT2D eigenvalue weighted by Gasteiger charge is -2.53. The second-order valence-electron chi connectivity index (χ2n) is 11.8. The first-order chi connectivity index (χ1) is 22.8. The quantitative estimate of drug-likeness (QED) is 0.155. The standard InChI is InChI=1S/C44H34P2/c1-5-21-36(22-6-1)45(37-23-7-2-8-24-37)44(46(38-25-9-3-10-26-38)39-27-11-4-12-28-39)33-32-35-19-14-16-30-41(35)43(44)42-31-17-20-34-18-13-15-29-40(34)42/h1-33,43H/t43-/m0/s1. The summed E-state index contributed by atoms with van der Waals surface area (Å²) in [5.74, 6) is 0.0952. The predicted octanol–water partition coefficient (Wildman–Crippen LogP) is 9.96. The van der Waals surface area contributed by atoms with Gasteiger partial charge in [0.1, 0.15) is 0 Å². The van der Waals surface area contributed by atoms with Crippen molar-refractivity contribution in [2.75, 3.05) is 0 Å². The molecule has 0 unspecified atom stereocenters. The van der Waals surface area contributed by atoms with E-state index < -0.39 is 15.8 Å². The fourth-order valence-electron chi connectivity index (χ4n) is 7.30. The van der Waals surface area contributed by atoms with Crippen molar-refractivity contribution in [1.82, 2.24) is 0 Å². The largest absolute Gasteiger partial charge is 0.0670 e. The molecular formula is C44H34P2. The maximum absolute atomic E-state index is 2.65. The van der Waals surface area contributed by atoms with Crippen LogP contribution in [-0.2, 0) is 0 Å². The zero-order valence-electron chi connectivity index (χ0n) is 25.5. The molecule has 1 atom stereocenters. The Morgan fingerprint density at radius 3 is 1.33 bits per heavy atom. The molecule has 8 rings (SSSR count). The number of allylic oxidation sites excluding steroid dienone is 1. The zero-order chi connectivity index (χ0) is 30.8. The van der Waals surface area contributed by atoms with Gasteiger partial charge in [0.15, 0.2) is 0 Å². The van der Waals surface area contributed by atoms with Crippen molar-refractivity contribution in [2.45, 2.75) is 10.8 Å². The van der Waals surface area contributed by atoms with E-state index in [2.05, 4.69) is 200 Å². The molecule has 0 saturated heterocycles. The average Bonchev–Trinajstić information content (AvgIpc) is 3.13. The van der Waals surface area contributed by atoms with Crippen LogP contribution in [0.25, 0.3) is 16.8 Å². The normalized spacial score (nSPS) is 15.2.